The minimum absolute atomic E-state index is 0.0248. The number of rotatable bonds is 5. The van der Waals surface area contributed by atoms with Crippen molar-refractivity contribution in [2.75, 3.05) is 0 Å². The van der Waals surface area contributed by atoms with Crippen molar-refractivity contribution >= 4 is 17.8 Å². The first kappa shape index (κ1) is 20.5. The Bertz CT molecular complexity index is 981. The first-order valence-corrected chi connectivity index (χ1v) is 8.17. The van der Waals surface area contributed by atoms with E-state index in [9.17, 15) is 18.8 Å². The molecule has 0 fully saturated rings. The van der Waals surface area contributed by atoms with Crippen LogP contribution in [0, 0.1) is 24.6 Å². The van der Waals surface area contributed by atoms with E-state index in [1.807, 2.05) is 5.92 Å². The number of halogens is 1. The van der Waals surface area contributed by atoms with Crippen LogP contribution in [0.3, 0.4) is 0 Å². The number of nitrogens with zero attached hydrogens (tertiary/aromatic N) is 2. The maximum absolute atomic E-state index is 13.3. The molecule has 1 aromatic carbocycles. The maximum atomic E-state index is 13.3. The van der Waals surface area contributed by atoms with Gasteiger partial charge >= 0.3 is 5.97 Å². The van der Waals surface area contributed by atoms with Crippen molar-refractivity contribution in [1.29, 1.82) is 0 Å². The normalized spacial score (nSPS) is 11.0. The topological polar surface area (TPSA) is 121 Å². The van der Waals surface area contributed by atoms with Gasteiger partial charge in [-0.1, -0.05) is 18.1 Å². The SMILES string of the molecule is Cc1cc(CNC(=O)c2cc(C(=O)N[C@@H](C)C#CC(=O)O)ncn2)ccc1F. The van der Waals surface area contributed by atoms with Crippen molar-refractivity contribution in [2.45, 2.75) is 26.4 Å². The molecule has 0 aliphatic rings. The van der Waals surface area contributed by atoms with Gasteiger partial charge < -0.3 is 15.7 Å². The van der Waals surface area contributed by atoms with Gasteiger partial charge in [0.15, 0.2) is 0 Å². The summed E-state index contributed by atoms with van der Waals surface area (Å²) in [6, 6.07) is 4.98. The molecular weight excluding hydrogens is 367 g/mol. The molecule has 0 aliphatic heterocycles. The van der Waals surface area contributed by atoms with E-state index in [1.165, 1.54) is 19.1 Å². The fourth-order valence-electron chi connectivity index (χ4n) is 2.17. The van der Waals surface area contributed by atoms with E-state index in [2.05, 4.69) is 26.5 Å². The molecule has 1 heterocycles. The number of amides is 2. The van der Waals surface area contributed by atoms with E-state index in [4.69, 9.17) is 5.11 Å². The number of carboxylic acids is 1. The second-order valence-electron chi connectivity index (χ2n) is 5.82. The minimum Gasteiger partial charge on any atom is -0.472 e. The van der Waals surface area contributed by atoms with Crippen molar-refractivity contribution in [3.05, 3.63) is 58.9 Å². The quantitative estimate of drug-likeness (QED) is 0.663. The molecule has 1 aromatic heterocycles. The molecule has 1 atom stereocenters. The van der Waals surface area contributed by atoms with Crippen molar-refractivity contribution in [3.8, 4) is 11.8 Å². The van der Waals surface area contributed by atoms with E-state index in [0.717, 1.165) is 6.33 Å². The van der Waals surface area contributed by atoms with Gasteiger partial charge in [0.2, 0.25) is 0 Å². The fourth-order valence-corrected chi connectivity index (χ4v) is 2.17. The smallest absolute Gasteiger partial charge is 0.381 e. The third-order valence-electron chi connectivity index (χ3n) is 3.55. The molecule has 2 rings (SSSR count). The Labute approximate surface area is 160 Å². The molecule has 0 radical (unpaired) electrons. The summed E-state index contributed by atoms with van der Waals surface area (Å²) in [7, 11) is 0. The van der Waals surface area contributed by atoms with Crippen LogP contribution in [0.4, 0.5) is 4.39 Å². The Kier molecular flexibility index (Phi) is 6.76. The van der Waals surface area contributed by atoms with Crippen LogP contribution in [0.25, 0.3) is 0 Å². The first-order chi connectivity index (χ1) is 13.3. The second kappa shape index (κ2) is 9.23. The Balaban J connectivity index is 2.02. The lowest BCUT2D eigenvalue weighted by atomic mass is 10.1. The van der Waals surface area contributed by atoms with Crippen LogP contribution in [-0.2, 0) is 11.3 Å². The summed E-state index contributed by atoms with van der Waals surface area (Å²) in [5, 5.41) is 13.6. The van der Waals surface area contributed by atoms with Gasteiger partial charge in [0, 0.05) is 18.5 Å². The average Bonchev–Trinajstić information content (AvgIpc) is 2.67. The zero-order chi connectivity index (χ0) is 20.7. The fraction of sp³-hybridized carbons (Fsp3) is 0.211. The molecule has 2 aromatic rings. The predicted molar refractivity (Wildman–Crippen MR) is 96.7 cm³/mol. The summed E-state index contributed by atoms with van der Waals surface area (Å²) < 4.78 is 13.3. The number of aromatic nitrogens is 2. The Morgan fingerprint density at radius 2 is 1.86 bits per heavy atom. The highest BCUT2D eigenvalue weighted by molar-refractivity contribution is 5.97. The summed E-state index contributed by atoms with van der Waals surface area (Å²) in [5.41, 5.74) is 1.09. The number of benzene rings is 1. The van der Waals surface area contributed by atoms with Crippen molar-refractivity contribution in [3.63, 3.8) is 0 Å². The Morgan fingerprint density at radius 3 is 2.50 bits per heavy atom. The Hall–Kier alpha value is -3.80. The maximum Gasteiger partial charge on any atom is 0.381 e. The van der Waals surface area contributed by atoms with Crippen LogP contribution >= 0.6 is 0 Å². The third kappa shape index (κ3) is 5.88. The van der Waals surface area contributed by atoms with E-state index in [0.29, 0.717) is 11.1 Å². The van der Waals surface area contributed by atoms with Gasteiger partial charge in [-0.25, -0.2) is 19.2 Å². The van der Waals surface area contributed by atoms with Gasteiger partial charge in [-0.3, -0.25) is 9.59 Å². The molecule has 0 aliphatic carbocycles. The van der Waals surface area contributed by atoms with Gasteiger partial charge in [-0.05, 0) is 31.0 Å². The molecule has 0 saturated heterocycles. The number of carbonyl (C=O) groups excluding carboxylic acids is 2. The number of hydrogen-bond acceptors (Lipinski definition) is 5. The van der Waals surface area contributed by atoms with Gasteiger partial charge in [0.1, 0.15) is 23.5 Å². The summed E-state index contributed by atoms with van der Waals surface area (Å²) in [6.45, 7) is 3.29. The van der Waals surface area contributed by atoms with E-state index < -0.39 is 23.8 Å². The summed E-state index contributed by atoms with van der Waals surface area (Å²) in [4.78, 5) is 42.4. The van der Waals surface area contributed by atoms with Crippen molar-refractivity contribution in [1.82, 2.24) is 20.6 Å². The molecule has 0 spiro atoms. The molecule has 8 nitrogen and oxygen atoms in total. The number of nitrogens with one attached hydrogen (secondary N) is 2. The molecule has 0 bridgehead atoms. The number of hydrogen-bond donors (Lipinski definition) is 3. The predicted octanol–water partition coefficient (Wildman–Crippen LogP) is 1.06. The van der Waals surface area contributed by atoms with Crippen LogP contribution < -0.4 is 10.6 Å². The lowest BCUT2D eigenvalue weighted by Crippen LogP contribution is -2.32. The standard InChI is InChI=1S/C19H17FN4O4/c1-11-7-13(4-5-14(11)20)9-21-18(27)15-8-16(23-10-22-15)19(28)24-12(2)3-6-17(25)26/h4-5,7-8,10,12H,9H2,1-2H3,(H,21,27)(H,24,28)(H,25,26)/t12-/m0/s1. The largest absolute Gasteiger partial charge is 0.472 e. The summed E-state index contributed by atoms with van der Waals surface area (Å²) in [5.74, 6) is 1.44. The number of carboxylic acid groups (broad SMARTS) is 1. The van der Waals surface area contributed by atoms with E-state index in [-0.39, 0.29) is 23.7 Å². The summed E-state index contributed by atoms with van der Waals surface area (Å²) >= 11 is 0. The highest BCUT2D eigenvalue weighted by Gasteiger charge is 2.14. The van der Waals surface area contributed by atoms with Crippen LogP contribution in [0.5, 0.6) is 0 Å². The van der Waals surface area contributed by atoms with Crippen LogP contribution in [0.2, 0.25) is 0 Å². The van der Waals surface area contributed by atoms with Gasteiger partial charge in [-0.2, -0.15) is 0 Å². The molecule has 0 saturated carbocycles. The van der Waals surface area contributed by atoms with Crippen LogP contribution in [0.15, 0.2) is 30.6 Å². The number of carbonyl (C=O) groups is 3. The summed E-state index contributed by atoms with van der Waals surface area (Å²) in [6.07, 6.45) is 1.07. The van der Waals surface area contributed by atoms with Gasteiger partial charge in [0.25, 0.3) is 11.8 Å². The zero-order valence-corrected chi connectivity index (χ0v) is 15.1. The van der Waals surface area contributed by atoms with E-state index >= 15 is 0 Å². The molecule has 0 unspecified atom stereocenters. The average molecular weight is 384 g/mol. The second-order valence-corrected chi connectivity index (χ2v) is 5.82. The van der Waals surface area contributed by atoms with E-state index in [1.54, 1.807) is 19.1 Å². The lowest BCUT2D eigenvalue weighted by molar-refractivity contribution is -0.130. The highest BCUT2D eigenvalue weighted by Crippen LogP contribution is 2.09. The molecule has 2 amide bonds. The lowest BCUT2D eigenvalue weighted by Gasteiger charge is -2.09. The molecule has 144 valence electrons. The number of aryl methyl sites for hydroxylation is 1. The molecule has 9 heteroatoms. The zero-order valence-electron chi connectivity index (χ0n) is 15.1. The minimum atomic E-state index is -1.31. The molecule has 28 heavy (non-hydrogen) atoms. The van der Waals surface area contributed by atoms with Gasteiger partial charge in [0.05, 0.1) is 6.04 Å². The molecular formula is C19H17FN4O4. The third-order valence-corrected chi connectivity index (χ3v) is 3.55. The van der Waals surface area contributed by atoms with Crippen molar-refractivity contribution in [2.24, 2.45) is 0 Å². The monoisotopic (exact) mass is 384 g/mol. The van der Waals surface area contributed by atoms with Gasteiger partial charge in [-0.15, -0.1) is 0 Å². The van der Waals surface area contributed by atoms with Crippen molar-refractivity contribution < 1.29 is 23.9 Å². The first-order valence-electron chi connectivity index (χ1n) is 8.17. The molecule has 3 N–H and O–H groups in total. The van der Waals surface area contributed by atoms with Crippen LogP contribution in [-0.4, -0.2) is 38.9 Å². The Morgan fingerprint density at radius 1 is 1.18 bits per heavy atom. The highest BCUT2D eigenvalue weighted by atomic mass is 19.1. The number of aliphatic carboxylic acids is 1. The van der Waals surface area contributed by atoms with Crippen LogP contribution in [0.1, 0.15) is 39.0 Å².